The van der Waals surface area contributed by atoms with Gasteiger partial charge in [-0.3, -0.25) is 4.79 Å². The molecular weight excluding hydrogens is 330 g/mol. The van der Waals surface area contributed by atoms with Crippen LogP contribution < -0.4 is 24.2 Å². The van der Waals surface area contributed by atoms with Gasteiger partial charge in [-0.05, 0) is 55.4 Å². The average molecular weight is 355 g/mol. The standard InChI is InChI=1S/C20H24ClOP.Li.H/c1-12(2)15-9-10-16(13(3)4)18(11-15)23-20(22)19-14(5)7-6-8-17(19)21;;/h6-13,23H,1-5H3;;/q;+1;-1. The van der Waals surface area contributed by atoms with E-state index in [0.29, 0.717) is 22.4 Å². The fourth-order valence-electron chi connectivity index (χ4n) is 2.65. The number of hydrogen-bond acceptors (Lipinski definition) is 1. The summed E-state index contributed by atoms with van der Waals surface area (Å²) in [6.45, 7) is 10.6. The van der Waals surface area contributed by atoms with Gasteiger partial charge in [0.1, 0.15) is 0 Å². The molecule has 124 valence electrons. The Balaban J connectivity index is 0.00000288. The smallest absolute Gasteiger partial charge is 1.00 e. The Kier molecular flexibility index (Phi) is 8.24. The maximum absolute atomic E-state index is 12.8. The molecule has 1 nitrogen and oxygen atoms in total. The minimum Gasteiger partial charge on any atom is -1.00 e. The van der Waals surface area contributed by atoms with E-state index in [0.717, 1.165) is 10.9 Å². The molecule has 0 radical (unpaired) electrons. The summed E-state index contributed by atoms with van der Waals surface area (Å²) in [5.74, 6) is 0.857. The second-order valence-electron chi connectivity index (χ2n) is 6.54. The molecule has 4 heteroatoms. The summed E-state index contributed by atoms with van der Waals surface area (Å²) in [6.07, 6.45) is 0. The maximum Gasteiger partial charge on any atom is 1.00 e. The number of halogens is 1. The van der Waals surface area contributed by atoms with E-state index in [1.54, 1.807) is 6.07 Å². The van der Waals surface area contributed by atoms with Crippen molar-refractivity contribution in [2.75, 3.05) is 0 Å². The Morgan fingerprint density at radius 1 is 1.08 bits per heavy atom. The fraction of sp³-hybridized carbons (Fsp3) is 0.350. The Hall–Kier alpha value is -0.573. The summed E-state index contributed by atoms with van der Waals surface area (Å²) in [4.78, 5) is 12.8. The molecule has 0 aliphatic rings. The number of hydrogen-bond donors (Lipinski definition) is 0. The molecule has 1 atom stereocenters. The van der Waals surface area contributed by atoms with E-state index in [-0.39, 0.29) is 34.4 Å². The van der Waals surface area contributed by atoms with E-state index >= 15 is 0 Å². The van der Waals surface area contributed by atoms with Gasteiger partial charge in [-0.25, -0.2) is 0 Å². The van der Waals surface area contributed by atoms with E-state index in [2.05, 4.69) is 45.9 Å². The monoisotopic (exact) mass is 354 g/mol. The van der Waals surface area contributed by atoms with Crippen LogP contribution in [0.1, 0.15) is 68.0 Å². The van der Waals surface area contributed by atoms with E-state index in [1.165, 1.54) is 11.1 Å². The van der Waals surface area contributed by atoms with Crippen LogP contribution in [0.15, 0.2) is 36.4 Å². The molecular formula is C20H25ClLiOP. The van der Waals surface area contributed by atoms with Crippen LogP contribution in [-0.2, 0) is 0 Å². The maximum atomic E-state index is 12.8. The van der Waals surface area contributed by atoms with Gasteiger partial charge in [0.25, 0.3) is 0 Å². The third-order valence-corrected chi connectivity index (χ3v) is 5.56. The zero-order valence-electron chi connectivity index (χ0n) is 16.4. The van der Waals surface area contributed by atoms with Crippen LogP contribution in [0.4, 0.5) is 0 Å². The summed E-state index contributed by atoms with van der Waals surface area (Å²) in [6, 6.07) is 12.2. The average Bonchev–Trinajstić information content (AvgIpc) is 2.46. The molecule has 1 unspecified atom stereocenters. The topological polar surface area (TPSA) is 17.1 Å². The second kappa shape index (κ2) is 9.22. The molecule has 24 heavy (non-hydrogen) atoms. The summed E-state index contributed by atoms with van der Waals surface area (Å²) in [5, 5.41) is 1.70. The van der Waals surface area contributed by atoms with Gasteiger partial charge in [0, 0.05) is 5.56 Å². The van der Waals surface area contributed by atoms with Gasteiger partial charge in [-0.1, -0.05) is 69.6 Å². The molecule has 0 saturated heterocycles. The number of rotatable bonds is 5. The van der Waals surface area contributed by atoms with Crippen LogP contribution in [0.3, 0.4) is 0 Å². The first-order chi connectivity index (χ1) is 10.8. The minimum absolute atomic E-state index is 0. The molecule has 2 aromatic rings. The Labute approximate surface area is 166 Å². The normalized spacial score (nSPS) is 11.3. The van der Waals surface area contributed by atoms with E-state index in [4.69, 9.17) is 11.6 Å². The summed E-state index contributed by atoms with van der Waals surface area (Å²) in [7, 11) is 0.106. The van der Waals surface area contributed by atoms with E-state index in [1.807, 2.05) is 19.1 Å². The van der Waals surface area contributed by atoms with E-state index < -0.39 is 0 Å². The molecule has 0 N–H and O–H groups in total. The van der Waals surface area contributed by atoms with Crippen LogP contribution in [0.5, 0.6) is 0 Å². The van der Waals surface area contributed by atoms with Crippen LogP contribution >= 0.6 is 20.2 Å². The van der Waals surface area contributed by atoms with Crippen molar-refractivity contribution in [3.05, 3.63) is 63.7 Å². The molecule has 0 aliphatic carbocycles. The first-order valence-electron chi connectivity index (χ1n) is 8.01. The van der Waals surface area contributed by atoms with Gasteiger partial charge < -0.3 is 1.43 Å². The van der Waals surface area contributed by atoms with Gasteiger partial charge in [-0.2, -0.15) is 0 Å². The van der Waals surface area contributed by atoms with Crippen LogP contribution in [0, 0.1) is 6.92 Å². The van der Waals surface area contributed by atoms with Crippen molar-refractivity contribution in [1.29, 1.82) is 0 Å². The molecule has 2 aromatic carbocycles. The number of aryl methyl sites for hydroxylation is 1. The van der Waals surface area contributed by atoms with E-state index in [9.17, 15) is 4.79 Å². The Morgan fingerprint density at radius 3 is 2.29 bits per heavy atom. The molecule has 0 aliphatic heterocycles. The van der Waals surface area contributed by atoms with Crippen molar-refractivity contribution < 1.29 is 25.1 Å². The van der Waals surface area contributed by atoms with Crippen molar-refractivity contribution in [2.24, 2.45) is 0 Å². The summed E-state index contributed by atoms with van der Waals surface area (Å²) < 4.78 is 0. The van der Waals surface area contributed by atoms with Gasteiger partial charge in [0.2, 0.25) is 0 Å². The molecule has 0 bridgehead atoms. The zero-order chi connectivity index (χ0) is 17.1. The van der Waals surface area contributed by atoms with Crippen molar-refractivity contribution in [1.82, 2.24) is 0 Å². The van der Waals surface area contributed by atoms with Gasteiger partial charge in [0.15, 0.2) is 5.52 Å². The summed E-state index contributed by atoms with van der Waals surface area (Å²) in [5.41, 5.74) is 4.26. The summed E-state index contributed by atoms with van der Waals surface area (Å²) >= 11 is 6.26. The molecule has 0 saturated carbocycles. The first kappa shape index (κ1) is 21.5. The van der Waals surface area contributed by atoms with Crippen LogP contribution in [0.2, 0.25) is 5.02 Å². The zero-order valence-corrected chi connectivity index (χ0v) is 17.2. The third-order valence-electron chi connectivity index (χ3n) is 4.06. The molecule has 0 fully saturated rings. The second-order valence-corrected chi connectivity index (χ2v) is 8.19. The van der Waals surface area contributed by atoms with Gasteiger partial charge >= 0.3 is 18.9 Å². The van der Waals surface area contributed by atoms with Crippen molar-refractivity contribution in [3.8, 4) is 0 Å². The predicted molar refractivity (Wildman–Crippen MR) is 104 cm³/mol. The van der Waals surface area contributed by atoms with Crippen LogP contribution in [-0.4, -0.2) is 5.52 Å². The third kappa shape index (κ3) is 4.97. The Bertz CT molecular complexity index is 711. The SMILES string of the molecule is Cc1cccc(Cl)c1C(=O)Pc1cc(C(C)C)ccc1C(C)C.[H-].[Li+]. The van der Waals surface area contributed by atoms with Crippen molar-refractivity contribution in [3.63, 3.8) is 0 Å². The number of carbonyl (C=O) groups excluding carboxylic acids is 1. The Morgan fingerprint density at radius 2 is 1.75 bits per heavy atom. The molecule has 2 rings (SSSR count). The quantitative estimate of drug-likeness (QED) is 0.595. The molecule has 0 amide bonds. The predicted octanol–water partition coefficient (Wildman–Crippen LogP) is 3.16. The molecule has 0 spiro atoms. The van der Waals surface area contributed by atoms with Crippen LogP contribution in [0.25, 0.3) is 0 Å². The number of benzene rings is 2. The largest absolute Gasteiger partial charge is 1.00 e. The van der Waals surface area contributed by atoms with Gasteiger partial charge in [0.05, 0.1) is 5.02 Å². The van der Waals surface area contributed by atoms with Crippen molar-refractivity contribution in [2.45, 2.75) is 46.5 Å². The number of carbonyl (C=O) groups is 1. The molecule has 0 aromatic heterocycles. The molecule has 0 heterocycles. The fourth-order valence-corrected chi connectivity index (χ4v) is 4.49. The first-order valence-corrected chi connectivity index (χ1v) is 9.39. The minimum atomic E-state index is 0. The van der Waals surface area contributed by atoms with Crippen molar-refractivity contribution >= 4 is 31.0 Å². The van der Waals surface area contributed by atoms with Gasteiger partial charge in [-0.15, -0.1) is 0 Å².